The standard InChI is InChI=1S/C11H16O2S/c1-8(2)10-5-6-11(9(3)7-10)14(4,12)13/h5-8H,1-4H3. The van der Waals surface area contributed by atoms with Gasteiger partial charge in [-0.05, 0) is 30.0 Å². The van der Waals surface area contributed by atoms with Crippen molar-refractivity contribution in [2.24, 2.45) is 0 Å². The summed E-state index contributed by atoms with van der Waals surface area (Å²) in [6.45, 7) is 6.02. The van der Waals surface area contributed by atoms with Gasteiger partial charge >= 0.3 is 0 Å². The van der Waals surface area contributed by atoms with Crippen LogP contribution in [0.4, 0.5) is 0 Å². The average Bonchev–Trinajstić information content (AvgIpc) is 2.01. The molecule has 0 bridgehead atoms. The lowest BCUT2D eigenvalue weighted by atomic mass is 10.0. The second-order valence-electron chi connectivity index (χ2n) is 3.95. The lowest BCUT2D eigenvalue weighted by Crippen LogP contribution is -2.01. The van der Waals surface area contributed by atoms with Crippen molar-refractivity contribution in [3.05, 3.63) is 29.3 Å². The Morgan fingerprint density at radius 3 is 2.14 bits per heavy atom. The van der Waals surface area contributed by atoms with E-state index in [2.05, 4.69) is 13.8 Å². The van der Waals surface area contributed by atoms with Crippen molar-refractivity contribution >= 4 is 9.84 Å². The Bertz CT molecular complexity index is 431. The molecule has 0 N–H and O–H groups in total. The Morgan fingerprint density at radius 2 is 1.79 bits per heavy atom. The maximum Gasteiger partial charge on any atom is 0.175 e. The van der Waals surface area contributed by atoms with Crippen LogP contribution in [0.15, 0.2) is 23.1 Å². The molecule has 0 aromatic heterocycles. The van der Waals surface area contributed by atoms with Crippen LogP contribution in [0.5, 0.6) is 0 Å². The summed E-state index contributed by atoms with van der Waals surface area (Å²) in [5, 5.41) is 0. The van der Waals surface area contributed by atoms with Gasteiger partial charge in [-0.2, -0.15) is 0 Å². The highest BCUT2D eigenvalue weighted by molar-refractivity contribution is 7.90. The van der Waals surface area contributed by atoms with E-state index in [0.29, 0.717) is 10.8 Å². The lowest BCUT2D eigenvalue weighted by molar-refractivity contribution is 0.601. The molecule has 0 saturated carbocycles. The molecule has 14 heavy (non-hydrogen) atoms. The lowest BCUT2D eigenvalue weighted by Gasteiger charge is -2.09. The van der Waals surface area contributed by atoms with Crippen LogP contribution >= 0.6 is 0 Å². The third-order valence-corrected chi connectivity index (χ3v) is 3.52. The quantitative estimate of drug-likeness (QED) is 0.755. The van der Waals surface area contributed by atoms with Gasteiger partial charge in [0.2, 0.25) is 0 Å². The summed E-state index contributed by atoms with van der Waals surface area (Å²) in [7, 11) is -3.08. The topological polar surface area (TPSA) is 34.1 Å². The largest absolute Gasteiger partial charge is 0.224 e. The smallest absolute Gasteiger partial charge is 0.175 e. The Kier molecular flexibility index (Phi) is 3.00. The van der Waals surface area contributed by atoms with Gasteiger partial charge in [-0.3, -0.25) is 0 Å². The van der Waals surface area contributed by atoms with Crippen molar-refractivity contribution < 1.29 is 8.42 Å². The SMILES string of the molecule is Cc1cc(C(C)C)ccc1S(C)(=O)=O. The van der Waals surface area contributed by atoms with E-state index in [9.17, 15) is 8.42 Å². The fourth-order valence-electron chi connectivity index (χ4n) is 1.45. The van der Waals surface area contributed by atoms with Crippen molar-refractivity contribution in [1.29, 1.82) is 0 Å². The summed E-state index contributed by atoms with van der Waals surface area (Å²) < 4.78 is 22.7. The fraction of sp³-hybridized carbons (Fsp3) is 0.455. The Hall–Kier alpha value is -0.830. The number of benzene rings is 1. The number of sulfone groups is 1. The van der Waals surface area contributed by atoms with E-state index in [0.717, 1.165) is 5.56 Å². The molecule has 0 fully saturated rings. The van der Waals surface area contributed by atoms with E-state index < -0.39 is 9.84 Å². The van der Waals surface area contributed by atoms with Crippen LogP contribution in [0, 0.1) is 6.92 Å². The summed E-state index contributed by atoms with van der Waals surface area (Å²) >= 11 is 0. The molecule has 0 aliphatic heterocycles. The summed E-state index contributed by atoms with van der Waals surface area (Å²) in [6, 6.07) is 5.52. The summed E-state index contributed by atoms with van der Waals surface area (Å²) in [5.74, 6) is 0.433. The minimum atomic E-state index is -3.08. The first-order valence-electron chi connectivity index (χ1n) is 4.63. The normalized spacial score (nSPS) is 12.1. The maximum atomic E-state index is 11.3. The molecule has 2 nitrogen and oxygen atoms in total. The molecule has 0 unspecified atom stereocenters. The second kappa shape index (κ2) is 3.73. The van der Waals surface area contributed by atoms with E-state index in [-0.39, 0.29) is 0 Å². The van der Waals surface area contributed by atoms with Crippen LogP contribution in [0.3, 0.4) is 0 Å². The number of hydrogen-bond donors (Lipinski definition) is 0. The van der Waals surface area contributed by atoms with Gasteiger partial charge in [0, 0.05) is 6.26 Å². The molecule has 3 heteroatoms. The minimum absolute atomic E-state index is 0.432. The second-order valence-corrected chi connectivity index (χ2v) is 5.94. The van der Waals surface area contributed by atoms with Crippen LogP contribution in [0.2, 0.25) is 0 Å². The van der Waals surface area contributed by atoms with Crippen molar-refractivity contribution in [2.45, 2.75) is 31.6 Å². The van der Waals surface area contributed by atoms with E-state index in [1.807, 2.05) is 19.1 Å². The molecule has 1 rings (SSSR count). The van der Waals surface area contributed by atoms with Gasteiger partial charge < -0.3 is 0 Å². The zero-order valence-electron chi connectivity index (χ0n) is 9.03. The first kappa shape index (κ1) is 11.2. The van der Waals surface area contributed by atoms with Gasteiger partial charge in [-0.15, -0.1) is 0 Å². The van der Waals surface area contributed by atoms with Crippen LogP contribution in [-0.2, 0) is 9.84 Å². The van der Waals surface area contributed by atoms with E-state index >= 15 is 0 Å². The molecule has 0 amide bonds. The molecule has 1 aromatic rings. The first-order chi connectivity index (χ1) is 6.32. The van der Waals surface area contributed by atoms with E-state index in [4.69, 9.17) is 0 Å². The van der Waals surface area contributed by atoms with Gasteiger partial charge in [-0.25, -0.2) is 8.42 Å². The average molecular weight is 212 g/mol. The molecule has 1 aromatic carbocycles. The minimum Gasteiger partial charge on any atom is -0.224 e. The Balaban J connectivity index is 3.28. The zero-order chi connectivity index (χ0) is 10.9. The van der Waals surface area contributed by atoms with Gasteiger partial charge in [0.25, 0.3) is 0 Å². The van der Waals surface area contributed by atoms with E-state index in [1.54, 1.807) is 6.07 Å². The Morgan fingerprint density at radius 1 is 1.21 bits per heavy atom. The molecule has 0 radical (unpaired) electrons. The Labute approximate surface area is 85.9 Å². The van der Waals surface area contributed by atoms with E-state index in [1.165, 1.54) is 11.8 Å². The summed E-state index contributed by atoms with van der Waals surface area (Å²) in [4.78, 5) is 0.432. The number of aryl methyl sites for hydroxylation is 1. The van der Waals surface area contributed by atoms with Crippen molar-refractivity contribution in [1.82, 2.24) is 0 Å². The van der Waals surface area contributed by atoms with Crippen LogP contribution in [-0.4, -0.2) is 14.7 Å². The number of hydrogen-bond acceptors (Lipinski definition) is 2. The molecule has 0 saturated heterocycles. The van der Waals surface area contributed by atoms with Crippen molar-refractivity contribution in [2.75, 3.05) is 6.26 Å². The highest BCUT2D eigenvalue weighted by Gasteiger charge is 2.11. The predicted molar refractivity (Wildman–Crippen MR) is 58.4 cm³/mol. The van der Waals surface area contributed by atoms with Crippen LogP contribution in [0.1, 0.15) is 30.9 Å². The first-order valence-corrected chi connectivity index (χ1v) is 6.52. The molecule has 0 atom stereocenters. The highest BCUT2D eigenvalue weighted by Crippen LogP contribution is 2.21. The highest BCUT2D eigenvalue weighted by atomic mass is 32.2. The van der Waals surface area contributed by atoms with Crippen molar-refractivity contribution in [3.8, 4) is 0 Å². The molecular weight excluding hydrogens is 196 g/mol. The third kappa shape index (κ3) is 2.35. The predicted octanol–water partition coefficient (Wildman–Crippen LogP) is 2.52. The monoisotopic (exact) mass is 212 g/mol. The van der Waals surface area contributed by atoms with Crippen molar-refractivity contribution in [3.63, 3.8) is 0 Å². The molecule has 0 heterocycles. The third-order valence-electron chi connectivity index (χ3n) is 2.27. The molecule has 78 valence electrons. The van der Waals surface area contributed by atoms with Gasteiger partial charge in [0.15, 0.2) is 9.84 Å². The van der Waals surface area contributed by atoms with Crippen LogP contribution in [0.25, 0.3) is 0 Å². The fourth-order valence-corrected chi connectivity index (χ4v) is 2.41. The van der Waals surface area contributed by atoms with Gasteiger partial charge in [-0.1, -0.05) is 26.0 Å². The number of rotatable bonds is 2. The maximum absolute atomic E-state index is 11.3. The van der Waals surface area contributed by atoms with Gasteiger partial charge in [0.1, 0.15) is 0 Å². The molecule has 0 aliphatic carbocycles. The summed E-state index contributed by atoms with van der Waals surface area (Å²) in [6.07, 6.45) is 1.24. The van der Waals surface area contributed by atoms with Gasteiger partial charge in [0.05, 0.1) is 4.90 Å². The van der Waals surface area contributed by atoms with Crippen LogP contribution < -0.4 is 0 Å². The molecule has 0 spiro atoms. The molecular formula is C11H16O2S. The zero-order valence-corrected chi connectivity index (χ0v) is 9.85. The summed E-state index contributed by atoms with van der Waals surface area (Å²) in [5.41, 5.74) is 2.01. The molecule has 0 aliphatic rings.